The summed E-state index contributed by atoms with van der Waals surface area (Å²) in [4.78, 5) is 7.67. The third-order valence-electron chi connectivity index (χ3n) is 1.000. The van der Waals surface area contributed by atoms with Gasteiger partial charge in [-0.15, -0.1) is 0 Å². The molecule has 4 nitrogen and oxygen atoms in total. The molecular weight excluding hydrogens is 116 g/mol. The molecule has 4 heteroatoms. The first kappa shape index (κ1) is 5.97. The van der Waals surface area contributed by atoms with Gasteiger partial charge in [0, 0.05) is 18.9 Å². The van der Waals surface area contributed by atoms with Gasteiger partial charge in [0.15, 0.2) is 0 Å². The minimum atomic E-state index is 0.347. The maximum Gasteiger partial charge on any atom is 0.146 e. The molecule has 0 unspecified atom stereocenters. The van der Waals surface area contributed by atoms with Crippen molar-refractivity contribution < 1.29 is 0 Å². The average Bonchev–Trinajstić information content (AvgIpc) is 1.89. The zero-order valence-electron chi connectivity index (χ0n) is 4.91. The summed E-state index contributed by atoms with van der Waals surface area (Å²) < 4.78 is 0. The van der Waals surface area contributed by atoms with Gasteiger partial charge < -0.3 is 11.5 Å². The average molecular weight is 124 g/mol. The lowest BCUT2D eigenvalue weighted by Gasteiger charge is -1.96. The number of nitrogens with zero attached hydrogens (tertiary/aromatic N) is 2. The van der Waals surface area contributed by atoms with Crippen molar-refractivity contribution in [3.8, 4) is 0 Å². The summed E-state index contributed by atoms with van der Waals surface area (Å²) in [5.41, 5.74) is 11.3. The fourth-order valence-electron chi connectivity index (χ4n) is 0.535. The highest BCUT2D eigenvalue weighted by Crippen LogP contribution is 1.99. The second kappa shape index (κ2) is 2.41. The molecule has 0 radical (unpaired) electrons. The van der Waals surface area contributed by atoms with E-state index in [0.717, 1.165) is 0 Å². The Kier molecular flexibility index (Phi) is 1.60. The smallest absolute Gasteiger partial charge is 0.146 e. The van der Waals surface area contributed by atoms with Gasteiger partial charge in [-0.25, -0.2) is 4.98 Å². The molecule has 9 heavy (non-hydrogen) atoms. The summed E-state index contributed by atoms with van der Waals surface area (Å²) in [6.07, 6.45) is 3.10. The summed E-state index contributed by atoms with van der Waals surface area (Å²) in [6.45, 7) is 0.347. The fraction of sp³-hybridized carbons (Fsp3) is 0.200. The molecule has 0 aliphatic heterocycles. The Hall–Kier alpha value is -1.16. The van der Waals surface area contributed by atoms with Gasteiger partial charge in [0.05, 0.1) is 5.69 Å². The number of anilines is 1. The molecule has 0 amide bonds. The topological polar surface area (TPSA) is 77.8 Å². The maximum atomic E-state index is 5.38. The van der Waals surface area contributed by atoms with E-state index in [1.165, 1.54) is 6.20 Å². The summed E-state index contributed by atoms with van der Waals surface area (Å²) in [7, 11) is 0. The van der Waals surface area contributed by atoms with E-state index in [2.05, 4.69) is 9.97 Å². The Morgan fingerprint density at radius 2 is 2.00 bits per heavy atom. The number of nitrogen functional groups attached to an aromatic ring is 1. The molecule has 0 aliphatic rings. The van der Waals surface area contributed by atoms with E-state index in [1.54, 1.807) is 6.20 Å². The highest BCUT2D eigenvalue weighted by Gasteiger charge is 1.94. The Morgan fingerprint density at radius 1 is 1.33 bits per heavy atom. The Labute approximate surface area is 52.9 Å². The van der Waals surface area contributed by atoms with Gasteiger partial charge >= 0.3 is 0 Å². The van der Waals surface area contributed by atoms with E-state index in [-0.39, 0.29) is 0 Å². The first-order valence-electron chi connectivity index (χ1n) is 2.60. The largest absolute Gasteiger partial charge is 0.382 e. The number of aromatic nitrogens is 2. The van der Waals surface area contributed by atoms with Crippen molar-refractivity contribution in [1.29, 1.82) is 0 Å². The van der Waals surface area contributed by atoms with Crippen LogP contribution in [0.1, 0.15) is 5.69 Å². The molecule has 0 atom stereocenters. The second-order valence-electron chi connectivity index (χ2n) is 1.59. The van der Waals surface area contributed by atoms with Crippen LogP contribution in [-0.4, -0.2) is 9.97 Å². The molecule has 0 aromatic carbocycles. The molecule has 0 aliphatic carbocycles. The molecule has 0 spiro atoms. The normalized spacial score (nSPS) is 9.44. The van der Waals surface area contributed by atoms with Crippen LogP contribution in [0.15, 0.2) is 12.4 Å². The lowest BCUT2D eigenvalue weighted by Crippen LogP contribution is -2.05. The van der Waals surface area contributed by atoms with Crippen LogP contribution in [0.25, 0.3) is 0 Å². The molecule has 1 aromatic rings. The van der Waals surface area contributed by atoms with Crippen molar-refractivity contribution in [2.24, 2.45) is 5.73 Å². The Balaban J connectivity index is 3.01. The van der Waals surface area contributed by atoms with Crippen LogP contribution in [0.3, 0.4) is 0 Å². The number of nitrogens with two attached hydrogens (primary N) is 2. The molecule has 4 N–H and O–H groups in total. The molecule has 0 saturated carbocycles. The van der Waals surface area contributed by atoms with Crippen molar-refractivity contribution in [2.75, 3.05) is 5.73 Å². The fourth-order valence-corrected chi connectivity index (χ4v) is 0.535. The van der Waals surface area contributed by atoms with Gasteiger partial charge in [-0.05, 0) is 0 Å². The van der Waals surface area contributed by atoms with E-state index >= 15 is 0 Å². The highest BCUT2D eigenvalue weighted by atomic mass is 14.9. The first-order valence-corrected chi connectivity index (χ1v) is 2.60. The third kappa shape index (κ3) is 1.14. The van der Waals surface area contributed by atoms with E-state index in [9.17, 15) is 0 Å². The summed E-state index contributed by atoms with van der Waals surface area (Å²) in [5.74, 6) is 0.417. The van der Waals surface area contributed by atoms with Crippen LogP contribution >= 0.6 is 0 Å². The lowest BCUT2D eigenvalue weighted by atomic mass is 10.4. The predicted octanol–water partition coefficient (Wildman–Crippen LogP) is -0.483. The van der Waals surface area contributed by atoms with Crippen LogP contribution in [0.2, 0.25) is 0 Å². The molecule has 1 rings (SSSR count). The summed E-state index contributed by atoms with van der Waals surface area (Å²) in [5, 5.41) is 0. The maximum absolute atomic E-state index is 5.38. The van der Waals surface area contributed by atoms with E-state index in [1.807, 2.05) is 0 Å². The van der Waals surface area contributed by atoms with Crippen molar-refractivity contribution in [2.45, 2.75) is 6.54 Å². The van der Waals surface area contributed by atoms with Crippen LogP contribution < -0.4 is 11.5 Å². The zero-order chi connectivity index (χ0) is 6.69. The number of hydrogen-bond acceptors (Lipinski definition) is 4. The van der Waals surface area contributed by atoms with E-state index in [4.69, 9.17) is 11.5 Å². The van der Waals surface area contributed by atoms with Crippen molar-refractivity contribution in [3.05, 3.63) is 18.1 Å². The molecule has 1 aromatic heterocycles. The van der Waals surface area contributed by atoms with Crippen molar-refractivity contribution in [1.82, 2.24) is 9.97 Å². The van der Waals surface area contributed by atoms with E-state index in [0.29, 0.717) is 18.1 Å². The zero-order valence-corrected chi connectivity index (χ0v) is 4.91. The van der Waals surface area contributed by atoms with Crippen molar-refractivity contribution in [3.63, 3.8) is 0 Å². The quantitative estimate of drug-likeness (QED) is 0.530. The Morgan fingerprint density at radius 3 is 2.44 bits per heavy atom. The molecule has 0 bridgehead atoms. The van der Waals surface area contributed by atoms with Crippen LogP contribution in [0.4, 0.5) is 5.82 Å². The van der Waals surface area contributed by atoms with Gasteiger partial charge in [0.1, 0.15) is 5.82 Å². The van der Waals surface area contributed by atoms with Gasteiger partial charge in [-0.1, -0.05) is 0 Å². The van der Waals surface area contributed by atoms with Crippen LogP contribution in [0, 0.1) is 0 Å². The number of hydrogen-bond donors (Lipinski definition) is 2. The standard InChI is InChI=1S/C5H8N4/c6-3-4-5(7)9-2-1-8-4/h1-2H,3,6H2,(H2,7,9). The summed E-state index contributed by atoms with van der Waals surface area (Å²) in [6, 6.07) is 0. The van der Waals surface area contributed by atoms with Gasteiger partial charge in [0.2, 0.25) is 0 Å². The predicted molar refractivity (Wildman–Crippen MR) is 34.3 cm³/mol. The van der Waals surface area contributed by atoms with Gasteiger partial charge in [-0.3, -0.25) is 4.98 Å². The van der Waals surface area contributed by atoms with Crippen LogP contribution in [-0.2, 0) is 6.54 Å². The van der Waals surface area contributed by atoms with Gasteiger partial charge in [-0.2, -0.15) is 0 Å². The minimum Gasteiger partial charge on any atom is -0.382 e. The lowest BCUT2D eigenvalue weighted by molar-refractivity contribution is 0.972. The third-order valence-corrected chi connectivity index (χ3v) is 1.000. The highest BCUT2D eigenvalue weighted by molar-refractivity contribution is 5.32. The second-order valence-corrected chi connectivity index (χ2v) is 1.59. The Bertz CT molecular complexity index is 198. The SMILES string of the molecule is NCc1nccnc1N. The first-order chi connectivity index (χ1) is 4.34. The minimum absolute atomic E-state index is 0.347. The number of rotatable bonds is 1. The van der Waals surface area contributed by atoms with Crippen LogP contribution in [0.5, 0.6) is 0 Å². The van der Waals surface area contributed by atoms with Crippen molar-refractivity contribution >= 4 is 5.82 Å². The molecule has 0 saturated heterocycles. The van der Waals surface area contributed by atoms with Gasteiger partial charge in [0.25, 0.3) is 0 Å². The van der Waals surface area contributed by atoms with E-state index < -0.39 is 0 Å². The molecule has 48 valence electrons. The molecule has 1 heterocycles. The molecule has 0 fully saturated rings. The monoisotopic (exact) mass is 124 g/mol. The molecular formula is C5H8N4. The summed E-state index contributed by atoms with van der Waals surface area (Å²) >= 11 is 0.